The van der Waals surface area contributed by atoms with E-state index in [9.17, 15) is 14.7 Å². The number of Topliss-reactive ketones (excluding diaryl/α,β-unsaturated/α-hetero) is 1. The topological polar surface area (TPSA) is 63.6 Å². The van der Waals surface area contributed by atoms with Gasteiger partial charge < -0.3 is 9.84 Å². The van der Waals surface area contributed by atoms with Crippen molar-refractivity contribution in [2.45, 2.75) is 12.5 Å². The Morgan fingerprint density at radius 1 is 1.41 bits per heavy atom. The lowest BCUT2D eigenvalue weighted by molar-refractivity contribution is -0.150. The van der Waals surface area contributed by atoms with Crippen LogP contribution in [0, 0.1) is 0 Å². The minimum absolute atomic E-state index is 0.180. The van der Waals surface area contributed by atoms with Crippen molar-refractivity contribution in [1.29, 1.82) is 0 Å². The Balaban J connectivity index is 2.80. The van der Waals surface area contributed by atoms with Crippen LogP contribution in [0.4, 0.5) is 0 Å². The number of aliphatic hydroxyl groups is 1. The van der Waals surface area contributed by atoms with E-state index in [4.69, 9.17) is 23.2 Å². The first-order valence-electron chi connectivity index (χ1n) is 4.70. The molecule has 92 valence electrons. The number of methoxy groups -OCH3 is 1. The molecule has 0 fully saturated rings. The SMILES string of the molecule is COC(=O)C(O)CC(=O)c1ccc(Cl)cc1Cl. The number of ether oxygens (including phenoxy) is 1. The quantitative estimate of drug-likeness (QED) is 0.676. The van der Waals surface area contributed by atoms with Crippen LogP contribution in [0.2, 0.25) is 10.0 Å². The summed E-state index contributed by atoms with van der Waals surface area (Å²) in [5.74, 6) is -1.31. The van der Waals surface area contributed by atoms with Gasteiger partial charge in [0.15, 0.2) is 11.9 Å². The summed E-state index contributed by atoms with van der Waals surface area (Å²) in [6.45, 7) is 0. The molecule has 0 spiro atoms. The van der Waals surface area contributed by atoms with Gasteiger partial charge in [0.2, 0.25) is 0 Å². The Morgan fingerprint density at radius 3 is 2.59 bits per heavy atom. The first kappa shape index (κ1) is 14.0. The van der Waals surface area contributed by atoms with E-state index in [0.717, 1.165) is 7.11 Å². The fraction of sp³-hybridized carbons (Fsp3) is 0.273. The molecule has 6 heteroatoms. The number of ketones is 1. The molecule has 0 aliphatic heterocycles. The number of hydrogen-bond donors (Lipinski definition) is 1. The Hall–Kier alpha value is -1.10. The molecular formula is C11H10Cl2O4. The smallest absolute Gasteiger partial charge is 0.335 e. The summed E-state index contributed by atoms with van der Waals surface area (Å²) in [6, 6.07) is 4.36. The highest BCUT2D eigenvalue weighted by Gasteiger charge is 2.21. The summed E-state index contributed by atoms with van der Waals surface area (Å²) < 4.78 is 4.30. The number of rotatable bonds is 4. The van der Waals surface area contributed by atoms with Crippen LogP contribution < -0.4 is 0 Å². The van der Waals surface area contributed by atoms with Gasteiger partial charge in [0.1, 0.15) is 0 Å². The number of halogens is 2. The molecule has 1 aromatic carbocycles. The molecular weight excluding hydrogens is 267 g/mol. The lowest BCUT2D eigenvalue weighted by atomic mass is 10.1. The van der Waals surface area contributed by atoms with Crippen LogP contribution in [0.15, 0.2) is 18.2 Å². The highest BCUT2D eigenvalue weighted by molar-refractivity contribution is 6.36. The summed E-state index contributed by atoms with van der Waals surface area (Å²) >= 11 is 11.5. The molecule has 17 heavy (non-hydrogen) atoms. The van der Waals surface area contributed by atoms with Crippen molar-refractivity contribution in [3.05, 3.63) is 33.8 Å². The maximum absolute atomic E-state index is 11.7. The number of esters is 1. The second-order valence-corrected chi connectivity index (χ2v) is 4.13. The molecule has 0 radical (unpaired) electrons. The van der Waals surface area contributed by atoms with E-state index >= 15 is 0 Å². The van der Waals surface area contributed by atoms with E-state index in [0.29, 0.717) is 5.02 Å². The van der Waals surface area contributed by atoms with Gasteiger partial charge in [-0.1, -0.05) is 23.2 Å². The number of hydrogen-bond acceptors (Lipinski definition) is 4. The third-order valence-electron chi connectivity index (χ3n) is 2.08. The van der Waals surface area contributed by atoms with E-state index in [1.807, 2.05) is 0 Å². The van der Waals surface area contributed by atoms with Crippen molar-refractivity contribution in [1.82, 2.24) is 0 Å². The maximum Gasteiger partial charge on any atom is 0.335 e. The van der Waals surface area contributed by atoms with Gasteiger partial charge in [-0.25, -0.2) is 4.79 Å². The Morgan fingerprint density at radius 2 is 2.06 bits per heavy atom. The summed E-state index contributed by atoms with van der Waals surface area (Å²) in [6.07, 6.45) is -1.87. The first-order chi connectivity index (χ1) is 7.95. The second kappa shape index (κ2) is 6.00. The standard InChI is InChI=1S/C11H10Cl2O4/c1-17-11(16)10(15)5-9(14)7-3-2-6(12)4-8(7)13/h2-4,10,15H,5H2,1H3. The maximum atomic E-state index is 11.7. The zero-order chi connectivity index (χ0) is 13.0. The lowest BCUT2D eigenvalue weighted by Gasteiger charge is -2.08. The average molecular weight is 277 g/mol. The van der Waals surface area contributed by atoms with Gasteiger partial charge in [-0.2, -0.15) is 0 Å². The second-order valence-electron chi connectivity index (χ2n) is 3.29. The molecule has 1 rings (SSSR count). The Labute approximate surface area is 108 Å². The highest BCUT2D eigenvalue weighted by Crippen LogP contribution is 2.22. The van der Waals surface area contributed by atoms with Gasteiger partial charge in [-0.15, -0.1) is 0 Å². The molecule has 0 saturated heterocycles. The van der Waals surface area contributed by atoms with Crippen molar-refractivity contribution in [2.75, 3.05) is 7.11 Å². The summed E-state index contributed by atoms with van der Waals surface area (Å²) in [4.78, 5) is 22.7. The van der Waals surface area contributed by atoms with Gasteiger partial charge in [-0.3, -0.25) is 4.79 Å². The molecule has 1 unspecified atom stereocenters. The third-order valence-corrected chi connectivity index (χ3v) is 2.63. The predicted molar refractivity (Wildman–Crippen MR) is 63.4 cm³/mol. The van der Waals surface area contributed by atoms with Gasteiger partial charge >= 0.3 is 5.97 Å². The van der Waals surface area contributed by atoms with Gasteiger partial charge in [0.05, 0.1) is 12.1 Å². The lowest BCUT2D eigenvalue weighted by Crippen LogP contribution is -2.25. The minimum atomic E-state index is -1.49. The van der Waals surface area contributed by atoms with Gasteiger partial charge in [0.25, 0.3) is 0 Å². The van der Waals surface area contributed by atoms with Crippen LogP contribution in [0.3, 0.4) is 0 Å². The van der Waals surface area contributed by atoms with Gasteiger partial charge in [-0.05, 0) is 18.2 Å². The molecule has 1 aromatic rings. The molecule has 4 nitrogen and oxygen atoms in total. The molecule has 0 heterocycles. The Kier molecular flexibility index (Phi) is 4.93. The fourth-order valence-electron chi connectivity index (χ4n) is 1.22. The monoisotopic (exact) mass is 276 g/mol. The van der Waals surface area contributed by atoms with Crippen LogP contribution in [-0.4, -0.2) is 30.1 Å². The van der Waals surface area contributed by atoms with Crippen molar-refractivity contribution < 1.29 is 19.4 Å². The molecule has 0 aliphatic rings. The van der Waals surface area contributed by atoms with Crippen molar-refractivity contribution in [3.8, 4) is 0 Å². The molecule has 1 atom stereocenters. The molecule has 0 amide bonds. The summed E-state index contributed by atoms with van der Waals surface area (Å²) in [5.41, 5.74) is 0.207. The molecule has 1 N–H and O–H groups in total. The fourth-order valence-corrected chi connectivity index (χ4v) is 1.73. The first-order valence-corrected chi connectivity index (χ1v) is 5.45. The summed E-state index contributed by atoms with van der Waals surface area (Å²) in [5, 5.41) is 9.91. The average Bonchev–Trinajstić information content (AvgIpc) is 2.27. The predicted octanol–water partition coefficient (Wildman–Crippen LogP) is 2.10. The van der Waals surface area contributed by atoms with E-state index in [1.165, 1.54) is 18.2 Å². The van der Waals surface area contributed by atoms with Crippen LogP contribution >= 0.6 is 23.2 Å². The van der Waals surface area contributed by atoms with E-state index in [2.05, 4.69) is 4.74 Å². The van der Waals surface area contributed by atoms with Crippen molar-refractivity contribution >= 4 is 35.0 Å². The number of carbonyl (C=O) groups excluding carboxylic acids is 2. The molecule has 0 aliphatic carbocycles. The zero-order valence-corrected chi connectivity index (χ0v) is 10.5. The van der Waals surface area contributed by atoms with Crippen molar-refractivity contribution in [3.63, 3.8) is 0 Å². The number of aliphatic hydroxyl groups excluding tert-OH is 1. The number of benzene rings is 1. The minimum Gasteiger partial charge on any atom is -0.467 e. The van der Waals surface area contributed by atoms with Crippen LogP contribution in [0.1, 0.15) is 16.8 Å². The third kappa shape index (κ3) is 3.70. The normalized spacial score (nSPS) is 12.0. The number of carbonyl (C=O) groups is 2. The van der Waals surface area contributed by atoms with E-state index in [-0.39, 0.29) is 17.0 Å². The van der Waals surface area contributed by atoms with E-state index in [1.54, 1.807) is 0 Å². The summed E-state index contributed by atoms with van der Waals surface area (Å²) in [7, 11) is 1.13. The van der Waals surface area contributed by atoms with Crippen LogP contribution in [0.25, 0.3) is 0 Å². The molecule has 0 aromatic heterocycles. The van der Waals surface area contributed by atoms with E-state index < -0.39 is 17.9 Å². The van der Waals surface area contributed by atoms with Crippen molar-refractivity contribution in [2.24, 2.45) is 0 Å². The van der Waals surface area contributed by atoms with Crippen LogP contribution in [-0.2, 0) is 9.53 Å². The highest BCUT2D eigenvalue weighted by atomic mass is 35.5. The Bertz CT molecular complexity index is 445. The zero-order valence-electron chi connectivity index (χ0n) is 8.94. The van der Waals surface area contributed by atoms with Gasteiger partial charge in [0, 0.05) is 17.0 Å². The molecule has 0 saturated carbocycles. The molecule has 0 bridgehead atoms. The van der Waals surface area contributed by atoms with Crippen LogP contribution in [0.5, 0.6) is 0 Å². The largest absolute Gasteiger partial charge is 0.467 e.